The van der Waals surface area contributed by atoms with Gasteiger partial charge < -0.3 is 5.32 Å². The molecule has 0 saturated heterocycles. The summed E-state index contributed by atoms with van der Waals surface area (Å²) in [4.78, 5) is 13.7. The normalized spacial score (nSPS) is 11.5. The number of pyridine rings is 1. The summed E-state index contributed by atoms with van der Waals surface area (Å²) in [5.74, 6) is 1.58. The zero-order valence-corrected chi connectivity index (χ0v) is 14.6. The second-order valence-electron chi connectivity index (χ2n) is 5.75. The van der Waals surface area contributed by atoms with E-state index in [0.29, 0.717) is 5.82 Å². The number of aryl methyl sites for hydroxylation is 1. The Bertz CT molecular complexity index is 615. The predicted molar refractivity (Wildman–Crippen MR) is 91.0 cm³/mol. The van der Waals surface area contributed by atoms with Gasteiger partial charge in [-0.1, -0.05) is 20.8 Å². The molecule has 0 aliphatic carbocycles. The molecule has 0 bridgehead atoms. The lowest BCUT2D eigenvalue weighted by molar-refractivity contribution is 0.564. The van der Waals surface area contributed by atoms with E-state index in [0.717, 1.165) is 26.3 Å². The van der Waals surface area contributed by atoms with Gasteiger partial charge in [0.05, 0.1) is 9.26 Å². The second-order valence-corrected chi connectivity index (χ2v) is 6.83. The topological polar surface area (TPSA) is 50.7 Å². The first kappa shape index (κ1) is 15.2. The number of hydrogen-bond acceptors (Lipinski definition) is 4. The van der Waals surface area contributed by atoms with Gasteiger partial charge in [0.2, 0.25) is 0 Å². The smallest absolute Gasteiger partial charge is 0.163 e. The number of hydrogen-bond donors (Lipinski definition) is 1. The van der Waals surface area contributed by atoms with Crippen molar-refractivity contribution >= 4 is 28.4 Å². The molecular formula is C15H19IN4. The largest absolute Gasteiger partial charge is 0.372 e. The highest BCUT2D eigenvalue weighted by molar-refractivity contribution is 14.1. The Morgan fingerprint density at radius 1 is 1.15 bits per heavy atom. The summed E-state index contributed by atoms with van der Waals surface area (Å²) < 4.78 is 1.07. The maximum atomic E-state index is 4.75. The van der Waals surface area contributed by atoms with Gasteiger partial charge in [-0.15, -0.1) is 0 Å². The molecule has 0 aromatic carbocycles. The van der Waals surface area contributed by atoms with Crippen molar-refractivity contribution in [2.75, 3.05) is 12.4 Å². The minimum Gasteiger partial charge on any atom is -0.372 e. The summed E-state index contributed by atoms with van der Waals surface area (Å²) in [6, 6.07) is 3.99. The molecule has 2 aromatic heterocycles. The molecule has 0 unspecified atom stereocenters. The molecule has 0 atom stereocenters. The van der Waals surface area contributed by atoms with Gasteiger partial charge in [0.15, 0.2) is 5.82 Å². The van der Waals surface area contributed by atoms with Crippen molar-refractivity contribution in [3.8, 4) is 11.4 Å². The van der Waals surface area contributed by atoms with Gasteiger partial charge >= 0.3 is 0 Å². The van der Waals surface area contributed by atoms with Crippen molar-refractivity contribution in [3.63, 3.8) is 0 Å². The molecular weight excluding hydrogens is 363 g/mol. The quantitative estimate of drug-likeness (QED) is 0.803. The zero-order chi connectivity index (χ0) is 14.9. The summed E-state index contributed by atoms with van der Waals surface area (Å²) in [6.07, 6.45) is 1.82. The minimum absolute atomic E-state index is 0.0298. The first-order valence-corrected chi connectivity index (χ1v) is 7.59. The Balaban J connectivity index is 2.63. The summed E-state index contributed by atoms with van der Waals surface area (Å²) >= 11 is 2.30. The van der Waals surface area contributed by atoms with Crippen LogP contribution in [-0.4, -0.2) is 22.0 Å². The fraction of sp³-hybridized carbons (Fsp3) is 0.400. The number of rotatable bonds is 2. The van der Waals surface area contributed by atoms with Crippen molar-refractivity contribution in [2.45, 2.75) is 33.1 Å². The van der Waals surface area contributed by atoms with Gasteiger partial charge in [-0.3, -0.25) is 4.98 Å². The molecule has 2 rings (SSSR count). The fourth-order valence-electron chi connectivity index (χ4n) is 1.84. The van der Waals surface area contributed by atoms with Crippen LogP contribution in [0, 0.1) is 10.5 Å². The molecule has 0 amide bonds. The van der Waals surface area contributed by atoms with Crippen molar-refractivity contribution in [3.05, 3.63) is 33.3 Å². The van der Waals surface area contributed by atoms with Crippen molar-refractivity contribution in [1.82, 2.24) is 15.0 Å². The maximum Gasteiger partial charge on any atom is 0.163 e. The Kier molecular flexibility index (Phi) is 4.27. The third-order valence-electron chi connectivity index (χ3n) is 2.97. The van der Waals surface area contributed by atoms with Crippen LogP contribution < -0.4 is 5.32 Å². The van der Waals surface area contributed by atoms with Gasteiger partial charge in [-0.05, 0) is 41.6 Å². The highest BCUT2D eigenvalue weighted by atomic mass is 127. The molecule has 0 saturated carbocycles. The molecule has 0 aliphatic heterocycles. The lowest BCUT2D eigenvalue weighted by Crippen LogP contribution is -2.18. The Labute approximate surface area is 133 Å². The van der Waals surface area contributed by atoms with E-state index in [9.17, 15) is 0 Å². The summed E-state index contributed by atoms with van der Waals surface area (Å²) in [5.41, 5.74) is 2.95. The van der Waals surface area contributed by atoms with Gasteiger partial charge in [0.25, 0.3) is 0 Å². The molecule has 2 aromatic rings. The van der Waals surface area contributed by atoms with Crippen LogP contribution in [0.3, 0.4) is 0 Å². The molecule has 20 heavy (non-hydrogen) atoms. The molecule has 0 fully saturated rings. The van der Waals surface area contributed by atoms with Gasteiger partial charge in [0, 0.05) is 29.9 Å². The van der Waals surface area contributed by atoms with Crippen LogP contribution in [0.2, 0.25) is 0 Å². The average Bonchev–Trinajstić information content (AvgIpc) is 2.38. The van der Waals surface area contributed by atoms with Gasteiger partial charge in [-0.25, -0.2) is 9.97 Å². The van der Waals surface area contributed by atoms with E-state index in [-0.39, 0.29) is 5.41 Å². The third-order valence-corrected chi connectivity index (χ3v) is 3.99. The maximum absolute atomic E-state index is 4.75. The summed E-state index contributed by atoms with van der Waals surface area (Å²) in [5, 5.41) is 3.15. The Hall–Kier alpha value is -1.24. The van der Waals surface area contributed by atoms with Gasteiger partial charge in [-0.2, -0.15) is 0 Å². The van der Waals surface area contributed by atoms with E-state index >= 15 is 0 Å². The first-order chi connectivity index (χ1) is 9.32. The summed E-state index contributed by atoms with van der Waals surface area (Å²) in [6.45, 7) is 8.45. The number of halogens is 1. The molecule has 106 valence electrons. The third kappa shape index (κ3) is 3.08. The van der Waals surface area contributed by atoms with Crippen LogP contribution in [0.25, 0.3) is 11.4 Å². The molecule has 2 heterocycles. The minimum atomic E-state index is -0.0298. The number of nitrogens with zero attached hydrogens (tertiary/aromatic N) is 3. The van der Waals surface area contributed by atoms with Crippen LogP contribution in [0.4, 0.5) is 5.82 Å². The van der Waals surface area contributed by atoms with Crippen LogP contribution >= 0.6 is 22.6 Å². The Morgan fingerprint density at radius 2 is 1.85 bits per heavy atom. The highest BCUT2D eigenvalue weighted by Crippen LogP contribution is 2.31. The first-order valence-electron chi connectivity index (χ1n) is 6.51. The molecule has 0 radical (unpaired) electrons. The van der Waals surface area contributed by atoms with Crippen LogP contribution in [0.5, 0.6) is 0 Å². The fourth-order valence-corrected chi connectivity index (χ4v) is 3.16. The molecule has 0 aliphatic rings. The number of aromatic nitrogens is 3. The van der Waals surface area contributed by atoms with Crippen molar-refractivity contribution in [1.29, 1.82) is 0 Å². The highest BCUT2D eigenvalue weighted by Gasteiger charge is 2.23. The lowest BCUT2D eigenvalue weighted by Gasteiger charge is -2.21. The SMILES string of the molecule is CNc1nc(-c2ccc(C)nc2)nc(C(C)(C)C)c1I. The van der Waals surface area contributed by atoms with Crippen LogP contribution in [-0.2, 0) is 5.41 Å². The van der Waals surface area contributed by atoms with Gasteiger partial charge in [0.1, 0.15) is 5.82 Å². The second kappa shape index (κ2) is 5.63. The van der Waals surface area contributed by atoms with E-state index in [1.54, 1.807) is 0 Å². The average molecular weight is 382 g/mol. The molecule has 1 N–H and O–H groups in total. The van der Waals surface area contributed by atoms with Crippen molar-refractivity contribution < 1.29 is 0 Å². The van der Waals surface area contributed by atoms with E-state index < -0.39 is 0 Å². The molecule has 5 heteroatoms. The van der Waals surface area contributed by atoms with E-state index in [1.807, 2.05) is 32.3 Å². The van der Waals surface area contributed by atoms with Crippen LogP contribution in [0.15, 0.2) is 18.3 Å². The standard InChI is InChI=1S/C15H19IN4/c1-9-6-7-10(8-18-9)13-19-12(15(2,3)4)11(16)14(17-5)20-13/h6-8H,1-5H3,(H,17,19,20). The number of anilines is 1. The number of nitrogens with one attached hydrogen (secondary N) is 1. The summed E-state index contributed by atoms with van der Waals surface area (Å²) in [7, 11) is 1.88. The molecule has 0 spiro atoms. The van der Waals surface area contributed by atoms with Crippen molar-refractivity contribution in [2.24, 2.45) is 0 Å². The monoisotopic (exact) mass is 382 g/mol. The molecule has 4 nitrogen and oxygen atoms in total. The lowest BCUT2D eigenvalue weighted by atomic mass is 9.91. The predicted octanol–water partition coefficient (Wildman–Crippen LogP) is 3.79. The van der Waals surface area contributed by atoms with E-state index in [2.05, 4.69) is 58.6 Å². The van der Waals surface area contributed by atoms with Crippen LogP contribution in [0.1, 0.15) is 32.2 Å². The Morgan fingerprint density at radius 3 is 2.35 bits per heavy atom. The van der Waals surface area contributed by atoms with E-state index in [4.69, 9.17) is 4.98 Å². The van der Waals surface area contributed by atoms with E-state index in [1.165, 1.54) is 0 Å². The zero-order valence-electron chi connectivity index (χ0n) is 12.5.